The monoisotopic (exact) mass is 377 g/mol. The number of nitrogens with zero attached hydrogens (tertiary/aromatic N) is 2. The van der Waals surface area contributed by atoms with Crippen LogP contribution in [0.2, 0.25) is 0 Å². The van der Waals surface area contributed by atoms with Gasteiger partial charge in [0.1, 0.15) is 5.75 Å². The molecule has 2 aromatic carbocycles. The summed E-state index contributed by atoms with van der Waals surface area (Å²) in [5.41, 5.74) is 6.18. The molecule has 0 amide bonds. The van der Waals surface area contributed by atoms with Gasteiger partial charge in [-0.2, -0.15) is 5.10 Å². The molecule has 0 saturated carbocycles. The van der Waals surface area contributed by atoms with Crippen molar-refractivity contribution in [3.8, 4) is 16.9 Å². The molecule has 3 aromatic rings. The molecule has 8 heteroatoms. The highest BCUT2D eigenvalue weighted by atomic mass is 32.1. The van der Waals surface area contributed by atoms with E-state index < -0.39 is 6.36 Å². The van der Waals surface area contributed by atoms with Gasteiger partial charge in [0.2, 0.25) is 5.13 Å². The zero-order valence-corrected chi connectivity index (χ0v) is 14.4. The third-order valence-electron chi connectivity index (χ3n) is 3.34. The van der Waals surface area contributed by atoms with Gasteiger partial charge in [0.25, 0.3) is 0 Å². The zero-order chi connectivity index (χ0) is 18.6. The maximum atomic E-state index is 12.3. The Hall–Kier alpha value is -2.87. The number of alkyl halides is 3. The molecule has 0 aliphatic heterocycles. The second kappa shape index (κ2) is 7.57. The summed E-state index contributed by atoms with van der Waals surface area (Å²) in [6.45, 7) is 1.90. The van der Waals surface area contributed by atoms with Crippen LogP contribution in [0.25, 0.3) is 11.1 Å². The van der Waals surface area contributed by atoms with Crippen LogP contribution >= 0.6 is 11.3 Å². The number of halogens is 3. The lowest BCUT2D eigenvalue weighted by Gasteiger charge is -2.10. The third-order valence-corrected chi connectivity index (χ3v) is 4.21. The topological polar surface area (TPSA) is 46.5 Å². The molecule has 0 unspecified atom stereocenters. The number of hydrazone groups is 1. The van der Waals surface area contributed by atoms with Gasteiger partial charge < -0.3 is 4.74 Å². The molecule has 1 heterocycles. The average molecular weight is 377 g/mol. The number of anilines is 1. The SMILES string of the molecule is Cc1csc(NN=Cc2ccccc2-c2ccc(OC(F)(F)F)cc2)n1. The summed E-state index contributed by atoms with van der Waals surface area (Å²) in [7, 11) is 0. The molecule has 0 bridgehead atoms. The number of benzene rings is 2. The van der Waals surface area contributed by atoms with Crippen molar-refractivity contribution in [2.45, 2.75) is 13.3 Å². The fourth-order valence-electron chi connectivity index (χ4n) is 2.27. The van der Waals surface area contributed by atoms with Crippen LogP contribution in [0.3, 0.4) is 0 Å². The van der Waals surface area contributed by atoms with Crippen molar-refractivity contribution in [2.24, 2.45) is 5.10 Å². The summed E-state index contributed by atoms with van der Waals surface area (Å²) >= 11 is 1.45. The minimum Gasteiger partial charge on any atom is -0.406 e. The van der Waals surface area contributed by atoms with Crippen LogP contribution in [0.1, 0.15) is 11.3 Å². The molecular formula is C18H14F3N3OS. The standard InChI is InChI=1S/C18H14F3N3OS/c1-12-11-26-17(23-12)24-22-10-14-4-2-3-5-16(14)13-6-8-15(9-7-13)25-18(19,20)21/h2-11H,1H3,(H,23,24). The summed E-state index contributed by atoms with van der Waals surface area (Å²) in [6, 6.07) is 13.2. The molecule has 134 valence electrons. The number of nitrogens with one attached hydrogen (secondary N) is 1. The van der Waals surface area contributed by atoms with Gasteiger partial charge in [-0.05, 0) is 30.2 Å². The van der Waals surface area contributed by atoms with Crippen LogP contribution in [0, 0.1) is 6.92 Å². The Morgan fingerprint density at radius 2 is 1.85 bits per heavy atom. The number of rotatable bonds is 5. The van der Waals surface area contributed by atoms with E-state index in [0.29, 0.717) is 5.13 Å². The first-order valence-electron chi connectivity index (χ1n) is 7.57. The molecule has 0 radical (unpaired) electrons. The van der Waals surface area contributed by atoms with Gasteiger partial charge in [0, 0.05) is 10.9 Å². The first kappa shape index (κ1) is 17.9. The zero-order valence-electron chi connectivity index (χ0n) is 13.6. The van der Waals surface area contributed by atoms with Crippen molar-refractivity contribution in [1.82, 2.24) is 4.98 Å². The number of aryl methyl sites for hydroxylation is 1. The Balaban J connectivity index is 1.78. The molecule has 0 aliphatic rings. The van der Waals surface area contributed by atoms with Crippen LogP contribution in [-0.4, -0.2) is 17.6 Å². The second-order valence-corrected chi connectivity index (χ2v) is 6.18. The molecule has 0 atom stereocenters. The lowest BCUT2D eigenvalue weighted by Crippen LogP contribution is -2.16. The smallest absolute Gasteiger partial charge is 0.406 e. The number of aromatic nitrogens is 1. The minimum absolute atomic E-state index is 0.256. The highest BCUT2D eigenvalue weighted by Crippen LogP contribution is 2.28. The van der Waals surface area contributed by atoms with Gasteiger partial charge in [-0.15, -0.1) is 24.5 Å². The summed E-state index contributed by atoms with van der Waals surface area (Å²) < 4.78 is 40.7. The van der Waals surface area contributed by atoms with Crippen molar-refractivity contribution in [2.75, 3.05) is 5.43 Å². The summed E-state index contributed by atoms with van der Waals surface area (Å²) in [5, 5.41) is 6.77. The molecule has 0 saturated heterocycles. The van der Waals surface area contributed by atoms with Gasteiger partial charge in [-0.1, -0.05) is 36.4 Å². The Labute approximate surface area is 152 Å². The van der Waals surface area contributed by atoms with E-state index in [9.17, 15) is 13.2 Å². The molecule has 0 fully saturated rings. The van der Waals surface area contributed by atoms with Gasteiger partial charge in [-0.25, -0.2) is 4.98 Å². The molecule has 4 nitrogen and oxygen atoms in total. The fraction of sp³-hybridized carbons (Fsp3) is 0.111. The van der Waals surface area contributed by atoms with Crippen molar-refractivity contribution in [3.63, 3.8) is 0 Å². The van der Waals surface area contributed by atoms with E-state index in [1.165, 1.54) is 23.5 Å². The van der Waals surface area contributed by atoms with E-state index in [4.69, 9.17) is 0 Å². The van der Waals surface area contributed by atoms with Crippen molar-refractivity contribution < 1.29 is 17.9 Å². The minimum atomic E-state index is -4.70. The Bertz CT molecular complexity index is 905. The van der Waals surface area contributed by atoms with E-state index in [1.54, 1.807) is 18.3 Å². The van der Waals surface area contributed by atoms with Gasteiger partial charge in [0.15, 0.2) is 0 Å². The van der Waals surface area contributed by atoms with Gasteiger partial charge >= 0.3 is 6.36 Å². The third kappa shape index (κ3) is 4.82. The van der Waals surface area contributed by atoms with Crippen LogP contribution in [-0.2, 0) is 0 Å². The number of thiazole rings is 1. The molecule has 3 rings (SSSR count). The summed E-state index contributed by atoms with van der Waals surface area (Å²) in [6.07, 6.45) is -3.06. The van der Waals surface area contributed by atoms with E-state index in [-0.39, 0.29) is 5.75 Å². The van der Waals surface area contributed by atoms with Crippen molar-refractivity contribution in [3.05, 3.63) is 65.2 Å². The number of hydrogen-bond acceptors (Lipinski definition) is 5. The van der Waals surface area contributed by atoms with Crippen LogP contribution < -0.4 is 10.2 Å². The van der Waals surface area contributed by atoms with Crippen LogP contribution in [0.15, 0.2) is 59.0 Å². The molecule has 0 spiro atoms. The Morgan fingerprint density at radius 3 is 2.50 bits per heavy atom. The lowest BCUT2D eigenvalue weighted by molar-refractivity contribution is -0.274. The predicted molar refractivity (Wildman–Crippen MR) is 96.6 cm³/mol. The molecule has 1 N–H and O–H groups in total. The average Bonchev–Trinajstić information content (AvgIpc) is 3.00. The second-order valence-electron chi connectivity index (χ2n) is 5.32. The normalized spacial score (nSPS) is 11.7. The maximum absolute atomic E-state index is 12.3. The molecule has 0 aliphatic carbocycles. The van der Waals surface area contributed by atoms with E-state index in [2.05, 4.69) is 20.2 Å². The van der Waals surface area contributed by atoms with Crippen LogP contribution in [0.5, 0.6) is 5.75 Å². The fourth-order valence-corrected chi connectivity index (χ4v) is 2.91. The van der Waals surface area contributed by atoms with E-state index in [1.807, 2.05) is 36.6 Å². The van der Waals surface area contributed by atoms with Crippen LogP contribution in [0.4, 0.5) is 18.3 Å². The highest BCUT2D eigenvalue weighted by Gasteiger charge is 2.30. The number of hydrogen-bond donors (Lipinski definition) is 1. The van der Waals surface area contributed by atoms with Crippen molar-refractivity contribution >= 4 is 22.7 Å². The Kier molecular flexibility index (Phi) is 5.22. The largest absolute Gasteiger partial charge is 0.573 e. The van der Waals surface area contributed by atoms with E-state index in [0.717, 1.165) is 22.4 Å². The molecule has 1 aromatic heterocycles. The lowest BCUT2D eigenvalue weighted by atomic mass is 10.0. The quantitative estimate of drug-likeness (QED) is 0.474. The molecule has 26 heavy (non-hydrogen) atoms. The summed E-state index contributed by atoms with van der Waals surface area (Å²) in [4.78, 5) is 4.25. The van der Waals surface area contributed by atoms with Crippen molar-refractivity contribution in [1.29, 1.82) is 0 Å². The first-order valence-corrected chi connectivity index (χ1v) is 8.45. The predicted octanol–water partition coefficient (Wildman–Crippen LogP) is 5.46. The maximum Gasteiger partial charge on any atom is 0.573 e. The summed E-state index contributed by atoms with van der Waals surface area (Å²) in [5.74, 6) is -0.256. The van der Waals surface area contributed by atoms with E-state index >= 15 is 0 Å². The first-order chi connectivity index (χ1) is 12.4. The highest BCUT2D eigenvalue weighted by molar-refractivity contribution is 7.13. The Morgan fingerprint density at radius 1 is 1.12 bits per heavy atom. The molecular weight excluding hydrogens is 363 g/mol. The van der Waals surface area contributed by atoms with Gasteiger partial charge in [-0.3, -0.25) is 5.43 Å². The van der Waals surface area contributed by atoms with Gasteiger partial charge in [0.05, 0.1) is 11.9 Å². The number of ether oxygens (including phenoxy) is 1.